The molecule has 176 valence electrons. The van der Waals surface area contributed by atoms with Gasteiger partial charge in [0.05, 0.1) is 11.3 Å². The van der Waals surface area contributed by atoms with Crippen molar-refractivity contribution in [1.29, 1.82) is 0 Å². The number of carbonyl (C=O) groups is 1. The van der Waals surface area contributed by atoms with Gasteiger partial charge in [-0.15, -0.1) is 11.6 Å². The Morgan fingerprint density at radius 3 is 2.12 bits per heavy atom. The number of nitrogens with zero attached hydrogens (tertiary/aromatic N) is 1. The molecule has 0 atom stereocenters. The van der Waals surface area contributed by atoms with Crippen LogP contribution in [0.1, 0.15) is 105 Å². The third-order valence-electron chi connectivity index (χ3n) is 6.10. The van der Waals surface area contributed by atoms with E-state index in [2.05, 4.69) is 24.0 Å². The van der Waals surface area contributed by atoms with Crippen molar-refractivity contribution in [2.75, 3.05) is 5.88 Å². The van der Waals surface area contributed by atoms with Gasteiger partial charge >= 0.3 is 5.97 Å². The van der Waals surface area contributed by atoms with Gasteiger partial charge in [0.25, 0.3) is 0 Å². The second-order valence-corrected chi connectivity index (χ2v) is 9.18. The molecule has 0 amide bonds. The standard InChI is InChI=1S/C28H40ClNO2/c1-2-3-4-8-11-14-23-16-19-27(30-22-23)25-17-18-26(28(31)32)24(21-25)15-12-9-6-5-7-10-13-20-29/h16-19,21-22H,2-15,20H2,1H3,(H,31,32). The Hall–Kier alpha value is -1.87. The Morgan fingerprint density at radius 1 is 0.844 bits per heavy atom. The van der Waals surface area contributed by atoms with Gasteiger partial charge in [0.1, 0.15) is 0 Å². The molecule has 0 aliphatic heterocycles. The fourth-order valence-corrected chi connectivity index (χ4v) is 4.33. The van der Waals surface area contributed by atoms with E-state index in [1.165, 1.54) is 63.4 Å². The van der Waals surface area contributed by atoms with Crippen LogP contribution >= 0.6 is 11.6 Å². The zero-order valence-electron chi connectivity index (χ0n) is 19.8. The third kappa shape index (κ3) is 9.73. The fraction of sp³-hybridized carbons (Fsp3) is 0.571. The SMILES string of the molecule is CCCCCCCc1ccc(-c2ccc(C(=O)O)c(CCCCCCCCCCl)c2)nc1. The van der Waals surface area contributed by atoms with Crippen molar-refractivity contribution < 1.29 is 9.90 Å². The Balaban J connectivity index is 1.91. The minimum absolute atomic E-state index is 0.416. The molecule has 1 heterocycles. The topological polar surface area (TPSA) is 50.2 Å². The smallest absolute Gasteiger partial charge is 0.335 e. The predicted octanol–water partition coefficient (Wildman–Crippen LogP) is 8.47. The number of halogens is 1. The molecule has 0 aliphatic rings. The largest absolute Gasteiger partial charge is 0.478 e. The summed E-state index contributed by atoms with van der Waals surface area (Å²) >= 11 is 5.72. The first-order valence-corrected chi connectivity index (χ1v) is 13.1. The Morgan fingerprint density at radius 2 is 1.50 bits per heavy atom. The predicted molar refractivity (Wildman–Crippen MR) is 136 cm³/mol. The van der Waals surface area contributed by atoms with Gasteiger partial charge in [0.2, 0.25) is 0 Å². The molecule has 32 heavy (non-hydrogen) atoms. The van der Waals surface area contributed by atoms with Gasteiger partial charge in [-0.2, -0.15) is 0 Å². The molecule has 0 saturated heterocycles. The first-order chi connectivity index (χ1) is 15.7. The highest BCUT2D eigenvalue weighted by Gasteiger charge is 2.12. The fourth-order valence-electron chi connectivity index (χ4n) is 4.14. The highest BCUT2D eigenvalue weighted by atomic mass is 35.5. The lowest BCUT2D eigenvalue weighted by molar-refractivity contribution is 0.0695. The van der Waals surface area contributed by atoms with Crippen LogP contribution in [0, 0.1) is 0 Å². The van der Waals surface area contributed by atoms with Gasteiger partial charge < -0.3 is 5.11 Å². The van der Waals surface area contributed by atoms with Crippen LogP contribution in [0.25, 0.3) is 11.3 Å². The van der Waals surface area contributed by atoms with Crippen molar-refractivity contribution in [2.45, 2.75) is 96.8 Å². The second kappa shape index (κ2) is 15.9. The van der Waals surface area contributed by atoms with E-state index in [4.69, 9.17) is 11.6 Å². The summed E-state index contributed by atoms with van der Waals surface area (Å²) in [5, 5.41) is 9.60. The van der Waals surface area contributed by atoms with Gasteiger partial charge in [-0.1, -0.05) is 76.8 Å². The number of carboxylic acids is 1. The van der Waals surface area contributed by atoms with Crippen LogP contribution in [0.15, 0.2) is 36.5 Å². The van der Waals surface area contributed by atoms with Crippen molar-refractivity contribution in [3.05, 3.63) is 53.2 Å². The van der Waals surface area contributed by atoms with E-state index in [9.17, 15) is 9.90 Å². The molecule has 0 saturated carbocycles. The molecule has 1 N–H and O–H groups in total. The number of aryl methyl sites for hydroxylation is 2. The van der Waals surface area contributed by atoms with E-state index in [1.54, 1.807) is 6.07 Å². The first-order valence-electron chi connectivity index (χ1n) is 12.5. The maximum atomic E-state index is 11.7. The molecule has 2 rings (SSSR count). The number of benzene rings is 1. The molecule has 0 fully saturated rings. The van der Waals surface area contributed by atoms with Crippen LogP contribution in [-0.4, -0.2) is 21.9 Å². The van der Waals surface area contributed by atoms with Crippen LogP contribution < -0.4 is 0 Å². The van der Waals surface area contributed by atoms with Crippen LogP contribution in [0.2, 0.25) is 0 Å². The quantitative estimate of drug-likeness (QED) is 0.191. The molecule has 0 spiro atoms. The highest BCUT2D eigenvalue weighted by Crippen LogP contribution is 2.24. The first kappa shape index (κ1) is 26.4. The van der Waals surface area contributed by atoms with Gasteiger partial charge in [0, 0.05) is 17.6 Å². The number of rotatable bonds is 17. The lowest BCUT2D eigenvalue weighted by Gasteiger charge is -2.10. The molecule has 4 heteroatoms. The van der Waals surface area contributed by atoms with Crippen molar-refractivity contribution in [2.24, 2.45) is 0 Å². The third-order valence-corrected chi connectivity index (χ3v) is 6.37. The van der Waals surface area contributed by atoms with Crippen LogP contribution in [0.4, 0.5) is 0 Å². The molecule has 0 unspecified atom stereocenters. The van der Waals surface area contributed by atoms with E-state index in [0.717, 1.165) is 54.8 Å². The Bertz CT molecular complexity index is 789. The molecule has 1 aromatic heterocycles. The summed E-state index contributed by atoms with van der Waals surface area (Å²) < 4.78 is 0. The lowest BCUT2D eigenvalue weighted by atomic mass is 9.96. The maximum absolute atomic E-state index is 11.7. The zero-order valence-corrected chi connectivity index (χ0v) is 20.5. The minimum Gasteiger partial charge on any atom is -0.478 e. The van der Waals surface area contributed by atoms with E-state index >= 15 is 0 Å². The average Bonchev–Trinajstić information content (AvgIpc) is 2.81. The number of unbranched alkanes of at least 4 members (excludes halogenated alkanes) is 10. The Kier molecular flexibility index (Phi) is 13.1. The van der Waals surface area contributed by atoms with Crippen molar-refractivity contribution in [1.82, 2.24) is 4.98 Å². The summed E-state index contributed by atoms with van der Waals surface area (Å²) in [6.45, 7) is 2.24. The van der Waals surface area contributed by atoms with Crippen LogP contribution in [0.3, 0.4) is 0 Å². The van der Waals surface area contributed by atoms with E-state index in [0.29, 0.717) is 5.56 Å². The van der Waals surface area contributed by atoms with Crippen LogP contribution in [-0.2, 0) is 12.8 Å². The Labute approximate surface area is 199 Å². The molecule has 2 aromatic rings. The number of alkyl halides is 1. The summed E-state index contributed by atoms with van der Waals surface area (Å²) in [5.74, 6) is -0.0932. The summed E-state index contributed by atoms with van der Waals surface area (Å²) in [4.78, 5) is 16.4. The summed E-state index contributed by atoms with van der Waals surface area (Å²) in [6.07, 6.45) is 18.4. The molecule has 3 nitrogen and oxygen atoms in total. The molecule has 0 bridgehead atoms. The number of aromatic carboxylic acids is 1. The number of hydrogen-bond acceptors (Lipinski definition) is 2. The number of carboxylic acid groups (broad SMARTS) is 1. The van der Waals surface area contributed by atoms with Crippen molar-refractivity contribution in [3.8, 4) is 11.3 Å². The molecule has 0 radical (unpaired) electrons. The summed E-state index contributed by atoms with van der Waals surface area (Å²) in [7, 11) is 0. The van der Waals surface area contributed by atoms with Gasteiger partial charge in [-0.05, 0) is 61.4 Å². The minimum atomic E-state index is -0.848. The molecular weight excluding hydrogens is 418 g/mol. The van der Waals surface area contributed by atoms with E-state index in [-0.39, 0.29) is 0 Å². The number of pyridine rings is 1. The van der Waals surface area contributed by atoms with Crippen molar-refractivity contribution >= 4 is 17.6 Å². The summed E-state index contributed by atoms with van der Waals surface area (Å²) in [6, 6.07) is 9.88. The average molecular weight is 458 g/mol. The van der Waals surface area contributed by atoms with Gasteiger partial charge in [0.15, 0.2) is 0 Å². The van der Waals surface area contributed by atoms with Gasteiger partial charge in [-0.3, -0.25) is 4.98 Å². The van der Waals surface area contributed by atoms with Crippen LogP contribution in [0.5, 0.6) is 0 Å². The second-order valence-electron chi connectivity index (χ2n) is 8.81. The maximum Gasteiger partial charge on any atom is 0.335 e. The zero-order chi connectivity index (χ0) is 23.0. The lowest BCUT2D eigenvalue weighted by Crippen LogP contribution is -2.03. The highest BCUT2D eigenvalue weighted by molar-refractivity contribution is 6.17. The van der Waals surface area contributed by atoms with Gasteiger partial charge in [-0.25, -0.2) is 4.79 Å². The summed E-state index contributed by atoms with van der Waals surface area (Å²) in [5.41, 5.74) is 4.52. The normalized spacial score (nSPS) is 11.1. The van der Waals surface area contributed by atoms with E-state index < -0.39 is 5.97 Å². The molecule has 1 aromatic carbocycles. The van der Waals surface area contributed by atoms with E-state index in [1.807, 2.05) is 18.3 Å². The molecule has 0 aliphatic carbocycles. The monoisotopic (exact) mass is 457 g/mol. The van der Waals surface area contributed by atoms with Crippen molar-refractivity contribution in [3.63, 3.8) is 0 Å². The molecular formula is C28H40ClNO2. The number of aromatic nitrogens is 1. The number of hydrogen-bond donors (Lipinski definition) is 1.